The highest BCUT2D eigenvalue weighted by Crippen LogP contribution is 2.17. The minimum atomic E-state index is -3.53. The third-order valence-electron chi connectivity index (χ3n) is 3.09. The fourth-order valence-corrected chi connectivity index (χ4v) is 2.65. The van der Waals surface area contributed by atoms with Crippen molar-refractivity contribution in [1.29, 1.82) is 0 Å². The summed E-state index contributed by atoms with van der Waals surface area (Å²) in [6, 6.07) is 5.24. The van der Waals surface area contributed by atoms with E-state index in [1.165, 1.54) is 26.0 Å². The standard InChI is InChI=1S/C15H14F2N2O3S/c1-9(2)23(21,22)14-6-3-10(8-18-14)15(20)19-13-5-4-11(16)7-12(13)17/h3-9H,1-2H3,(H,19,20). The number of anilines is 1. The number of aromatic nitrogens is 1. The molecule has 0 aliphatic heterocycles. The minimum absolute atomic E-state index is 0.0523. The molecule has 0 atom stereocenters. The summed E-state index contributed by atoms with van der Waals surface area (Å²) in [6.07, 6.45) is 1.09. The highest BCUT2D eigenvalue weighted by molar-refractivity contribution is 7.91. The predicted octanol–water partition coefficient (Wildman–Crippen LogP) is 2.79. The summed E-state index contributed by atoms with van der Waals surface area (Å²) in [7, 11) is -3.53. The van der Waals surface area contributed by atoms with E-state index in [1.807, 2.05) is 0 Å². The normalized spacial score (nSPS) is 11.5. The number of benzene rings is 1. The fourth-order valence-electron chi connectivity index (χ4n) is 1.71. The topological polar surface area (TPSA) is 76.1 Å². The maximum Gasteiger partial charge on any atom is 0.257 e. The Morgan fingerprint density at radius 2 is 1.87 bits per heavy atom. The number of amides is 1. The summed E-state index contributed by atoms with van der Waals surface area (Å²) in [4.78, 5) is 15.8. The third-order valence-corrected chi connectivity index (χ3v) is 5.16. The second kappa shape index (κ2) is 6.41. The van der Waals surface area contributed by atoms with Gasteiger partial charge in [0, 0.05) is 12.3 Å². The van der Waals surface area contributed by atoms with Gasteiger partial charge >= 0.3 is 0 Å². The second-order valence-electron chi connectivity index (χ2n) is 5.06. The molecule has 0 aliphatic carbocycles. The Bertz CT molecular complexity index is 834. The van der Waals surface area contributed by atoms with Gasteiger partial charge in [0.05, 0.1) is 16.5 Å². The number of carbonyl (C=O) groups is 1. The molecule has 0 spiro atoms. The summed E-state index contributed by atoms with van der Waals surface area (Å²) in [6.45, 7) is 3.05. The van der Waals surface area contributed by atoms with E-state index in [4.69, 9.17) is 0 Å². The number of nitrogens with zero attached hydrogens (tertiary/aromatic N) is 1. The van der Waals surface area contributed by atoms with Crippen LogP contribution in [0.2, 0.25) is 0 Å². The van der Waals surface area contributed by atoms with E-state index >= 15 is 0 Å². The van der Waals surface area contributed by atoms with Crippen LogP contribution in [0.4, 0.5) is 14.5 Å². The Balaban J connectivity index is 2.21. The number of hydrogen-bond acceptors (Lipinski definition) is 4. The molecule has 5 nitrogen and oxygen atoms in total. The number of hydrogen-bond donors (Lipinski definition) is 1. The minimum Gasteiger partial charge on any atom is -0.319 e. The highest BCUT2D eigenvalue weighted by atomic mass is 32.2. The second-order valence-corrected chi connectivity index (χ2v) is 7.51. The number of carbonyl (C=O) groups excluding carboxylic acids is 1. The van der Waals surface area contributed by atoms with E-state index in [0.717, 1.165) is 18.3 Å². The molecule has 0 fully saturated rings. The SMILES string of the molecule is CC(C)S(=O)(=O)c1ccc(C(=O)Nc2ccc(F)cc2F)cn1. The monoisotopic (exact) mass is 340 g/mol. The smallest absolute Gasteiger partial charge is 0.257 e. The summed E-state index contributed by atoms with van der Waals surface area (Å²) in [5.74, 6) is -2.35. The quantitative estimate of drug-likeness (QED) is 0.928. The Morgan fingerprint density at radius 1 is 1.17 bits per heavy atom. The third kappa shape index (κ3) is 3.70. The largest absolute Gasteiger partial charge is 0.319 e. The molecule has 0 bridgehead atoms. The molecule has 0 saturated heterocycles. The van der Waals surface area contributed by atoms with Gasteiger partial charge in [0.2, 0.25) is 0 Å². The van der Waals surface area contributed by atoms with Gasteiger partial charge in [0.25, 0.3) is 5.91 Å². The molecule has 23 heavy (non-hydrogen) atoms. The molecule has 0 aliphatic rings. The van der Waals surface area contributed by atoms with Crippen molar-refractivity contribution in [3.05, 3.63) is 53.7 Å². The van der Waals surface area contributed by atoms with Crippen molar-refractivity contribution in [3.63, 3.8) is 0 Å². The molecule has 0 radical (unpaired) electrons. The molecule has 1 aromatic carbocycles. The Morgan fingerprint density at radius 3 is 2.39 bits per heavy atom. The number of nitrogens with one attached hydrogen (secondary N) is 1. The van der Waals surface area contributed by atoms with Gasteiger partial charge < -0.3 is 5.32 Å². The van der Waals surface area contributed by atoms with Crippen LogP contribution < -0.4 is 5.32 Å². The summed E-state index contributed by atoms with van der Waals surface area (Å²) < 4.78 is 50.2. The molecule has 1 amide bonds. The first kappa shape index (κ1) is 17.0. The molecule has 2 rings (SSSR count). The molecule has 1 heterocycles. The van der Waals surface area contributed by atoms with E-state index in [9.17, 15) is 22.0 Å². The van der Waals surface area contributed by atoms with Crippen molar-refractivity contribution in [2.24, 2.45) is 0 Å². The maximum atomic E-state index is 13.5. The molecule has 8 heteroatoms. The molecular formula is C15H14F2N2O3S. The number of rotatable bonds is 4. The van der Waals surface area contributed by atoms with E-state index < -0.39 is 32.6 Å². The summed E-state index contributed by atoms with van der Waals surface area (Å²) in [5.41, 5.74) is -0.133. The predicted molar refractivity (Wildman–Crippen MR) is 80.9 cm³/mol. The van der Waals surface area contributed by atoms with Crippen LogP contribution in [0, 0.1) is 11.6 Å². The van der Waals surface area contributed by atoms with Crippen LogP contribution in [-0.4, -0.2) is 24.6 Å². The Hall–Kier alpha value is -2.35. The van der Waals surface area contributed by atoms with Crippen LogP contribution in [-0.2, 0) is 9.84 Å². The van der Waals surface area contributed by atoms with Crippen molar-refractivity contribution in [2.45, 2.75) is 24.1 Å². The van der Waals surface area contributed by atoms with Crippen LogP contribution in [0.1, 0.15) is 24.2 Å². The van der Waals surface area contributed by atoms with Crippen molar-refractivity contribution in [3.8, 4) is 0 Å². The average molecular weight is 340 g/mol. The molecule has 2 aromatic rings. The summed E-state index contributed by atoms with van der Waals surface area (Å²) >= 11 is 0. The van der Waals surface area contributed by atoms with Gasteiger partial charge in [-0.3, -0.25) is 4.79 Å². The van der Waals surface area contributed by atoms with Gasteiger partial charge in [-0.15, -0.1) is 0 Å². The molecule has 1 aromatic heterocycles. The van der Waals surface area contributed by atoms with Crippen LogP contribution in [0.15, 0.2) is 41.6 Å². The summed E-state index contributed by atoms with van der Waals surface area (Å²) in [5, 5.41) is 1.49. The maximum absolute atomic E-state index is 13.5. The van der Waals surface area contributed by atoms with Gasteiger partial charge in [-0.1, -0.05) is 0 Å². The van der Waals surface area contributed by atoms with Gasteiger partial charge in [-0.2, -0.15) is 0 Å². The zero-order chi connectivity index (χ0) is 17.2. The number of pyridine rings is 1. The van der Waals surface area contributed by atoms with Gasteiger partial charge in [0.1, 0.15) is 11.6 Å². The average Bonchev–Trinajstić information content (AvgIpc) is 2.50. The van der Waals surface area contributed by atoms with Crippen LogP contribution >= 0.6 is 0 Å². The van der Waals surface area contributed by atoms with E-state index in [-0.39, 0.29) is 16.3 Å². The lowest BCUT2D eigenvalue weighted by atomic mass is 10.2. The van der Waals surface area contributed by atoms with Gasteiger partial charge in [-0.25, -0.2) is 22.2 Å². The lowest BCUT2D eigenvalue weighted by molar-refractivity contribution is 0.102. The molecular weight excluding hydrogens is 326 g/mol. The first-order valence-electron chi connectivity index (χ1n) is 6.68. The first-order valence-corrected chi connectivity index (χ1v) is 8.23. The van der Waals surface area contributed by atoms with E-state index in [1.54, 1.807) is 0 Å². The van der Waals surface area contributed by atoms with Crippen LogP contribution in [0.25, 0.3) is 0 Å². The fraction of sp³-hybridized carbons (Fsp3) is 0.200. The van der Waals surface area contributed by atoms with Gasteiger partial charge in [-0.05, 0) is 38.1 Å². The Kier molecular flexibility index (Phi) is 4.74. The zero-order valence-electron chi connectivity index (χ0n) is 12.4. The van der Waals surface area contributed by atoms with Crippen molar-refractivity contribution in [1.82, 2.24) is 4.98 Å². The van der Waals surface area contributed by atoms with E-state index in [2.05, 4.69) is 10.3 Å². The van der Waals surface area contributed by atoms with Crippen LogP contribution in [0.3, 0.4) is 0 Å². The highest BCUT2D eigenvalue weighted by Gasteiger charge is 2.21. The lowest BCUT2D eigenvalue weighted by Crippen LogP contribution is -2.17. The van der Waals surface area contributed by atoms with Crippen LogP contribution in [0.5, 0.6) is 0 Å². The molecule has 0 saturated carbocycles. The van der Waals surface area contributed by atoms with E-state index in [0.29, 0.717) is 6.07 Å². The van der Waals surface area contributed by atoms with Crippen molar-refractivity contribution >= 4 is 21.4 Å². The first-order chi connectivity index (χ1) is 10.7. The molecule has 0 unspecified atom stereocenters. The number of halogens is 2. The van der Waals surface area contributed by atoms with Gasteiger partial charge in [0.15, 0.2) is 14.9 Å². The molecule has 122 valence electrons. The van der Waals surface area contributed by atoms with Crippen molar-refractivity contribution < 1.29 is 22.0 Å². The molecule has 1 N–H and O–H groups in total. The number of sulfone groups is 1. The zero-order valence-corrected chi connectivity index (χ0v) is 13.2. The van der Waals surface area contributed by atoms with Crippen molar-refractivity contribution in [2.75, 3.05) is 5.32 Å². The lowest BCUT2D eigenvalue weighted by Gasteiger charge is -2.08. The Labute approximate surface area is 132 Å².